The van der Waals surface area contributed by atoms with Gasteiger partial charge in [-0.1, -0.05) is 69.3 Å². The lowest BCUT2D eigenvalue weighted by Crippen LogP contribution is -2.50. The molecule has 0 amide bonds. The molecule has 5 nitrogen and oxygen atoms in total. The van der Waals surface area contributed by atoms with Gasteiger partial charge in [0.1, 0.15) is 0 Å². The predicted octanol–water partition coefficient (Wildman–Crippen LogP) is 7.40. The molecule has 0 aliphatic heterocycles. The van der Waals surface area contributed by atoms with E-state index in [1.807, 2.05) is 6.07 Å². The summed E-state index contributed by atoms with van der Waals surface area (Å²) in [7, 11) is 1.33. The zero-order chi connectivity index (χ0) is 25.5. The smallest absolute Gasteiger partial charge is 0.337 e. The van der Waals surface area contributed by atoms with Crippen LogP contribution in [-0.4, -0.2) is 43.7 Å². The molecule has 0 radical (unpaired) electrons. The van der Waals surface area contributed by atoms with E-state index in [1.165, 1.54) is 89.1 Å². The first-order valence-electron chi connectivity index (χ1n) is 12.2. The number of carbonyl (C=O) groups is 1. The van der Waals surface area contributed by atoms with E-state index in [0.717, 1.165) is 10.0 Å². The summed E-state index contributed by atoms with van der Waals surface area (Å²) in [5.41, 5.74) is 1.24. The molecule has 0 atom stereocenters. The van der Waals surface area contributed by atoms with Crippen molar-refractivity contribution in [2.75, 3.05) is 33.3 Å². The Balaban J connectivity index is 0. The maximum Gasteiger partial charge on any atom is 0.337 e. The lowest BCUT2D eigenvalue weighted by Gasteiger charge is -2.39. The van der Waals surface area contributed by atoms with Crippen LogP contribution in [0, 0.1) is 23.2 Å². The highest BCUT2D eigenvalue weighted by molar-refractivity contribution is 9.10. The number of quaternary nitrogens is 1. The quantitative estimate of drug-likeness (QED) is 0.145. The lowest BCUT2D eigenvalue weighted by atomic mass is 10.1. The van der Waals surface area contributed by atoms with Crippen molar-refractivity contribution < 1.29 is 14.0 Å². The van der Waals surface area contributed by atoms with Crippen LogP contribution in [0.1, 0.15) is 95.0 Å². The normalized spacial score (nSPS) is 10.2. The number of halogens is 1. The molecule has 0 spiro atoms. The van der Waals surface area contributed by atoms with Crippen molar-refractivity contribution in [1.29, 1.82) is 10.5 Å². The Morgan fingerprint density at radius 1 is 0.909 bits per heavy atom. The molecule has 0 saturated carbocycles. The van der Waals surface area contributed by atoms with Crippen LogP contribution in [0.4, 0.5) is 0 Å². The van der Waals surface area contributed by atoms with E-state index in [9.17, 15) is 4.79 Å². The Labute approximate surface area is 211 Å². The highest BCUT2D eigenvalue weighted by Crippen LogP contribution is 2.17. The minimum atomic E-state index is -0.398. The van der Waals surface area contributed by atoms with Crippen LogP contribution >= 0.6 is 15.9 Å². The van der Waals surface area contributed by atoms with E-state index in [1.54, 1.807) is 18.2 Å². The summed E-state index contributed by atoms with van der Waals surface area (Å²) in [4.78, 5) is 11.2. The number of ether oxygens (including phenoxy) is 1. The largest absolute Gasteiger partial charge is 0.512 e. The van der Waals surface area contributed by atoms with E-state index < -0.39 is 5.97 Å². The second kappa shape index (κ2) is 21.9. The van der Waals surface area contributed by atoms with Crippen LogP contribution in [0.2, 0.25) is 0 Å². The van der Waals surface area contributed by atoms with Crippen molar-refractivity contribution in [3.8, 4) is 6.07 Å². The molecule has 0 aliphatic carbocycles. The fourth-order valence-corrected chi connectivity index (χ4v) is 4.27. The summed E-state index contributed by atoms with van der Waals surface area (Å²) in [5, 5.41) is 14.8. The number of esters is 1. The fourth-order valence-electron chi connectivity index (χ4n) is 3.72. The molecule has 0 aromatic heterocycles. The SMILES string of the molecule is CCCC[N+](CCCC)(CCCC)CCCC.COC(=O)c1cc(Br)cc(CC#N)c1.[C-]#N. The van der Waals surface area contributed by atoms with Gasteiger partial charge in [0.15, 0.2) is 0 Å². The number of hydrogen-bond acceptors (Lipinski definition) is 4. The topological polar surface area (TPSA) is 73.9 Å². The van der Waals surface area contributed by atoms with Crippen LogP contribution < -0.4 is 0 Å². The van der Waals surface area contributed by atoms with Crippen LogP contribution in [0.15, 0.2) is 22.7 Å². The number of nitriles is 1. The van der Waals surface area contributed by atoms with E-state index in [-0.39, 0.29) is 6.42 Å². The van der Waals surface area contributed by atoms with Gasteiger partial charge in [0, 0.05) is 4.47 Å². The summed E-state index contributed by atoms with van der Waals surface area (Å²) in [6, 6.07) is 7.14. The molecule has 6 heteroatoms. The van der Waals surface area contributed by atoms with Gasteiger partial charge < -0.3 is 21.1 Å². The molecule has 0 saturated heterocycles. The first-order valence-corrected chi connectivity index (χ1v) is 13.0. The average Bonchev–Trinajstić information content (AvgIpc) is 2.84. The second-order valence-corrected chi connectivity index (χ2v) is 9.24. The molecule has 0 bridgehead atoms. The highest BCUT2D eigenvalue weighted by Gasteiger charge is 2.24. The highest BCUT2D eigenvalue weighted by atomic mass is 79.9. The molecule has 33 heavy (non-hydrogen) atoms. The molecule has 0 fully saturated rings. The number of rotatable bonds is 14. The Hall–Kier alpha value is -1.89. The third-order valence-corrected chi connectivity index (χ3v) is 6.06. The third kappa shape index (κ3) is 15.6. The van der Waals surface area contributed by atoms with Crippen LogP contribution in [-0.2, 0) is 11.2 Å². The average molecular weight is 523 g/mol. The van der Waals surface area contributed by atoms with Crippen molar-refractivity contribution in [1.82, 2.24) is 0 Å². The van der Waals surface area contributed by atoms with Gasteiger partial charge in [0.25, 0.3) is 0 Å². The Morgan fingerprint density at radius 2 is 1.33 bits per heavy atom. The Bertz CT molecular complexity index is 661. The molecular formula is C27H44BrN3O2. The molecule has 1 aromatic rings. The summed E-state index contributed by atoms with van der Waals surface area (Å²) in [6.45, 7) is 19.8. The Morgan fingerprint density at radius 3 is 1.67 bits per heavy atom. The molecule has 0 N–H and O–H groups in total. The maximum absolute atomic E-state index is 11.2. The van der Waals surface area contributed by atoms with Crippen LogP contribution in [0.5, 0.6) is 0 Å². The van der Waals surface area contributed by atoms with Gasteiger partial charge in [0.2, 0.25) is 0 Å². The predicted molar refractivity (Wildman–Crippen MR) is 139 cm³/mol. The minimum Gasteiger partial charge on any atom is -0.512 e. The van der Waals surface area contributed by atoms with Crippen molar-refractivity contribution in [2.45, 2.75) is 85.5 Å². The van der Waals surface area contributed by atoms with Gasteiger partial charge in [-0.05, 0) is 49.4 Å². The zero-order valence-electron chi connectivity index (χ0n) is 21.5. The molecule has 0 aliphatic rings. The first kappa shape index (κ1) is 33.3. The van der Waals surface area contributed by atoms with Crippen LogP contribution in [0.25, 0.3) is 0 Å². The van der Waals surface area contributed by atoms with Crippen molar-refractivity contribution in [2.24, 2.45) is 0 Å². The standard InChI is InChI=1S/C16H36N.C10H8BrNO2.CN/c1-5-9-13-17(14-10-6-2,15-11-7-3)16-12-8-4;1-14-10(13)8-4-7(2-3-12)5-9(11)6-8;1-2/h5-16H2,1-4H3;4-6H,2H2,1H3;/q+1;;-1. The maximum atomic E-state index is 11.2. The van der Waals surface area contributed by atoms with Gasteiger partial charge in [-0.15, -0.1) is 0 Å². The monoisotopic (exact) mass is 521 g/mol. The van der Waals surface area contributed by atoms with Gasteiger partial charge in [-0.2, -0.15) is 5.26 Å². The van der Waals surface area contributed by atoms with Crippen molar-refractivity contribution in [3.05, 3.63) is 40.4 Å². The fraction of sp³-hybridized carbons (Fsp3) is 0.667. The number of benzene rings is 1. The molecule has 0 heterocycles. The van der Waals surface area contributed by atoms with Gasteiger partial charge in [-0.25, -0.2) is 4.79 Å². The number of carbonyl (C=O) groups excluding carboxylic acids is 1. The molecule has 1 rings (SSSR count). The lowest BCUT2D eigenvalue weighted by molar-refractivity contribution is -0.929. The van der Waals surface area contributed by atoms with E-state index in [4.69, 9.17) is 17.1 Å². The second-order valence-electron chi connectivity index (χ2n) is 8.32. The van der Waals surface area contributed by atoms with E-state index >= 15 is 0 Å². The number of unbranched alkanes of at least 4 members (excludes halogenated alkanes) is 4. The molecular weight excluding hydrogens is 478 g/mol. The van der Waals surface area contributed by atoms with E-state index in [0.29, 0.717) is 5.56 Å². The Kier molecular flexibility index (Phi) is 22.1. The van der Waals surface area contributed by atoms with Gasteiger partial charge in [-0.3, -0.25) is 0 Å². The number of nitrogens with zero attached hydrogens (tertiary/aromatic N) is 3. The van der Waals surface area contributed by atoms with Gasteiger partial charge in [0.05, 0.1) is 51.3 Å². The summed E-state index contributed by atoms with van der Waals surface area (Å²) in [5.74, 6) is -0.398. The van der Waals surface area contributed by atoms with Gasteiger partial charge >= 0.3 is 5.97 Å². The first-order chi connectivity index (χ1) is 15.9. The van der Waals surface area contributed by atoms with Crippen LogP contribution in [0.3, 0.4) is 0 Å². The summed E-state index contributed by atoms with van der Waals surface area (Å²) < 4.78 is 6.77. The minimum absolute atomic E-state index is 0.281. The molecule has 1 aromatic carbocycles. The number of hydrogen-bond donors (Lipinski definition) is 0. The van der Waals surface area contributed by atoms with Crippen molar-refractivity contribution >= 4 is 21.9 Å². The summed E-state index contributed by atoms with van der Waals surface area (Å²) in [6.07, 6.45) is 11.3. The van der Waals surface area contributed by atoms with Crippen molar-refractivity contribution in [3.63, 3.8) is 0 Å². The summed E-state index contributed by atoms with van der Waals surface area (Å²) >= 11 is 3.26. The zero-order valence-corrected chi connectivity index (χ0v) is 23.0. The third-order valence-electron chi connectivity index (χ3n) is 5.61. The molecule has 186 valence electrons. The number of methoxy groups -OCH3 is 1. The molecule has 0 unspecified atom stereocenters. The van der Waals surface area contributed by atoms with E-state index in [2.05, 4.69) is 48.4 Å².